The average Bonchev–Trinajstić information content (AvgIpc) is 3.14. The molecule has 1 amide bonds. The number of anilines is 1. The number of ether oxygens (including phenoxy) is 1. The fourth-order valence-corrected chi connectivity index (χ4v) is 5.44. The molecule has 1 aromatic heterocycles. The highest BCUT2D eigenvalue weighted by molar-refractivity contribution is 7.89. The molecule has 1 N–H and O–H groups in total. The first-order chi connectivity index (χ1) is 12.4. The smallest absolute Gasteiger partial charge is 0.257 e. The Morgan fingerprint density at radius 1 is 1.38 bits per heavy atom. The van der Waals surface area contributed by atoms with Crippen molar-refractivity contribution >= 4 is 32.4 Å². The Labute approximate surface area is 157 Å². The third-order valence-electron chi connectivity index (χ3n) is 4.41. The molecule has 26 heavy (non-hydrogen) atoms. The largest absolute Gasteiger partial charge is 0.495 e. The molecule has 7 nitrogen and oxygen atoms in total. The fraction of sp³-hybridized carbons (Fsp3) is 0.412. The number of hydrogen-bond donors (Lipinski definition) is 1. The van der Waals surface area contributed by atoms with Crippen LogP contribution in [0.25, 0.3) is 0 Å². The van der Waals surface area contributed by atoms with Gasteiger partial charge in [0.2, 0.25) is 10.0 Å². The van der Waals surface area contributed by atoms with Crippen molar-refractivity contribution < 1.29 is 17.9 Å². The highest BCUT2D eigenvalue weighted by Gasteiger charge is 2.33. The SMILES string of the molecule is COc1ccc(C(=O)Nc2nccs2)cc1S(=O)(=O)N1CCCC[C@H]1C. The van der Waals surface area contributed by atoms with E-state index in [2.05, 4.69) is 10.3 Å². The molecule has 2 aromatic rings. The van der Waals surface area contributed by atoms with Gasteiger partial charge in [0.1, 0.15) is 10.6 Å². The zero-order chi connectivity index (χ0) is 18.7. The lowest BCUT2D eigenvalue weighted by Gasteiger charge is -2.32. The van der Waals surface area contributed by atoms with Crippen LogP contribution in [0.5, 0.6) is 5.75 Å². The topological polar surface area (TPSA) is 88.6 Å². The number of aromatic nitrogens is 1. The maximum atomic E-state index is 13.2. The second-order valence-electron chi connectivity index (χ2n) is 6.12. The number of carbonyl (C=O) groups is 1. The van der Waals surface area contributed by atoms with Gasteiger partial charge in [0.15, 0.2) is 5.13 Å². The number of benzene rings is 1. The van der Waals surface area contributed by atoms with Crippen LogP contribution in [0.2, 0.25) is 0 Å². The minimum absolute atomic E-state index is 0.0144. The molecule has 1 atom stereocenters. The van der Waals surface area contributed by atoms with Crippen molar-refractivity contribution in [3.05, 3.63) is 35.3 Å². The first-order valence-corrected chi connectivity index (χ1v) is 10.7. The summed E-state index contributed by atoms with van der Waals surface area (Å²) in [6.45, 7) is 2.38. The van der Waals surface area contributed by atoms with Gasteiger partial charge in [-0.15, -0.1) is 11.3 Å². The van der Waals surface area contributed by atoms with Gasteiger partial charge in [-0.3, -0.25) is 10.1 Å². The Balaban J connectivity index is 1.96. The first-order valence-electron chi connectivity index (χ1n) is 8.34. The summed E-state index contributed by atoms with van der Waals surface area (Å²) in [6, 6.07) is 4.35. The van der Waals surface area contributed by atoms with E-state index in [9.17, 15) is 13.2 Å². The van der Waals surface area contributed by atoms with E-state index in [1.165, 1.54) is 34.9 Å². The number of amides is 1. The first kappa shape index (κ1) is 18.8. The van der Waals surface area contributed by atoms with Crippen molar-refractivity contribution in [2.24, 2.45) is 0 Å². The van der Waals surface area contributed by atoms with Crippen LogP contribution in [0, 0.1) is 0 Å². The Bertz CT molecular complexity index is 881. The van der Waals surface area contributed by atoms with Gasteiger partial charge in [-0.05, 0) is 38.0 Å². The van der Waals surface area contributed by atoms with Gasteiger partial charge in [0.25, 0.3) is 5.91 Å². The van der Waals surface area contributed by atoms with Crippen LogP contribution in [0.3, 0.4) is 0 Å². The van der Waals surface area contributed by atoms with Gasteiger partial charge in [-0.2, -0.15) is 4.31 Å². The molecule has 1 aliphatic rings. The van der Waals surface area contributed by atoms with Crippen LogP contribution >= 0.6 is 11.3 Å². The van der Waals surface area contributed by atoms with Gasteiger partial charge < -0.3 is 4.74 Å². The molecule has 0 aliphatic carbocycles. The molecular weight excluding hydrogens is 374 g/mol. The summed E-state index contributed by atoms with van der Waals surface area (Å²) in [7, 11) is -2.34. The molecule has 1 aromatic carbocycles. The highest BCUT2D eigenvalue weighted by Crippen LogP contribution is 2.32. The van der Waals surface area contributed by atoms with E-state index in [-0.39, 0.29) is 22.3 Å². The van der Waals surface area contributed by atoms with Gasteiger partial charge >= 0.3 is 0 Å². The lowest BCUT2D eigenvalue weighted by molar-refractivity contribution is 0.102. The number of nitrogens with zero attached hydrogens (tertiary/aromatic N) is 2. The van der Waals surface area contributed by atoms with E-state index in [1.807, 2.05) is 6.92 Å². The quantitative estimate of drug-likeness (QED) is 0.841. The zero-order valence-corrected chi connectivity index (χ0v) is 16.3. The van der Waals surface area contributed by atoms with Crippen LogP contribution < -0.4 is 10.1 Å². The standard InChI is InChI=1S/C17H21N3O4S2/c1-12-5-3-4-9-20(12)26(22,23)15-11-13(6-7-14(15)24-2)16(21)19-17-18-8-10-25-17/h6-8,10-12H,3-5,9H2,1-2H3,(H,18,19,21)/t12-/m1/s1. The molecule has 3 rings (SSSR count). The third kappa shape index (κ3) is 3.74. The number of sulfonamides is 1. The monoisotopic (exact) mass is 395 g/mol. The predicted octanol–water partition coefficient (Wildman–Crippen LogP) is 2.97. The fourth-order valence-electron chi connectivity index (χ4n) is 3.03. The number of rotatable bonds is 5. The van der Waals surface area contributed by atoms with Crippen molar-refractivity contribution in [3.63, 3.8) is 0 Å². The number of piperidine rings is 1. The van der Waals surface area contributed by atoms with Crippen molar-refractivity contribution in [3.8, 4) is 5.75 Å². The van der Waals surface area contributed by atoms with E-state index in [0.29, 0.717) is 11.7 Å². The minimum Gasteiger partial charge on any atom is -0.495 e. The molecule has 1 aliphatic heterocycles. The molecular formula is C17H21N3O4S2. The molecule has 0 saturated carbocycles. The maximum absolute atomic E-state index is 13.2. The van der Waals surface area contributed by atoms with Gasteiger partial charge in [-0.25, -0.2) is 13.4 Å². The number of carbonyl (C=O) groups excluding carboxylic acids is 1. The van der Waals surface area contributed by atoms with E-state index < -0.39 is 15.9 Å². The van der Waals surface area contributed by atoms with Crippen molar-refractivity contribution in [2.45, 2.75) is 37.1 Å². The Morgan fingerprint density at radius 3 is 2.85 bits per heavy atom. The van der Waals surface area contributed by atoms with Gasteiger partial charge in [0, 0.05) is 29.7 Å². The van der Waals surface area contributed by atoms with E-state index in [0.717, 1.165) is 19.3 Å². The van der Waals surface area contributed by atoms with Crippen LogP contribution in [-0.2, 0) is 10.0 Å². The number of hydrogen-bond acceptors (Lipinski definition) is 6. The predicted molar refractivity (Wildman–Crippen MR) is 100 cm³/mol. The summed E-state index contributed by atoms with van der Waals surface area (Å²) in [5.74, 6) is -0.181. The van der Waals surface area contributed by atoms with Gasteiger partial charge in [0.05, 0.1) is 7.11 Å². The molecule has 0 bridgehead atoms. The molecule has 9 heteroatoms. The van der Waals surface area contributed by atoms with Gasteiger partial charge in [-0.1, -0.05) is 6.42 Å². The van der Waals surface area contributed by atoms with Crippen molar-refractivity contribution in [1.82, 2.24) is 9.29 Å². The molecule has 0 spiro atoms. The molecule has 1 fully saturated rings. The maximum Gasteiger partial charge on any atom is 0.257 e. The molecule has 0 unspecified atom stereocenters. The van der Waals surface area contributed by atoms with E-state index in [1.54, 1.807) is 17.6 Å². The third-order valence-corrected chi connectivity index (χ3v) is 7.13. The van der Waals surface area contributed by atoms with Crippen LogP contribution in [0.1, 0.15) is 36.5 Å². The summed E-state index contributed by atoms with van der Waals surface area (Å²) in [5, 5.41) is 4.87. The number of thiazole rings is 1. The van der Waals surface area contributed by atoms with Crippen LogP contribution in [0.15, 0.2) is 34.7 Å². The molecule has 140 valence electrons. The van der Waals surface area contributed by atoms with Crippen molar-refractivity contribution in [1.29, 1.82) is 0 Å². The normalized spacial score (nSPS) is 18.5. The second kappa shape index (κ2) is 7.73. The Morgan fingerprint density at radius 2 is 2.19 bits per heavy atom. The lowest BCUT2D eigenvalue weighted by Crippen LogP contribution is -2.42. The summed E-state index contributed by atoms with van der Waals surface area (Å²) in [4.78, 5) is 16.5. The zero-order valence-electron chi connectivity index (χ0n) is 14.6. The van der Waals surface area contributed by atoms with Crippen LogP contribution in [-0.4, -0.2) is 43.3 Å². The summed E-state index contributed by atoms with van der Waals surface area (Å²) >= 11 is 1.29. The van der Waals surface area contributed by atoms with Crippen molar-refractivity contribution in [2.75, 3.05) is 19.0 Å². The summed E-state index contributed by atoms with van der Waals surface area (Å²) in [5.41, 5.74) is 0.240. The molecule has 1 saturated heterocycles. The summed E-state index contributed by atoms with van der Waals surface area (Å²) < 4.78 is 33.1. The highest BCUT2D eigenvalue weighted by atomic mass is 32.2. The second-order valence-corrected chi connectivity index (χ2v) is 8.87. The average molecular weight is 396 g/mol. The van der Waals surface area contributed by atoms with E-state index in [4.69, 9.17) is 4.74 Å². The Hall–Kier alpha value is -1.97. The lowest BCUT2D eigenvalue weighted by atomic mass is 10.1. The van der Waals surface area contributed by atoms with Crippen LogP contribution in [0.4, 0.5) is 5.13 Å². The number of methoxy groups -OCH3 is 1. The molecule has 0 radical (unpaired) electrons. The summed E-state index contributed by atoms with van der Waals surface area (Å²) in [6.07, 6.45) is 4.25. The molecule has 2 heterocycles. The Kier molecular flexibility index (Phi) is 5.59. The van der Waals surface area contributed by atoms with E-state index >= 15 is 0 Å². The minimum atomic E-state index is -3.76. The number of nitrogens with one attached hydrogen (secondary N) is 1.